The average Bonchev–Trinajstić information content (AvgIpc) is 2.79. The van der Waals surface area contributed by atoms with Crippen molar-refractivity contribution in [3.05, 3.63) is 0 Å². The normalized spacial score (nSPS) is 27.9. The summed E-state index contributed by atoms with van der Waals surface area (Å²) in [5.41, 5.74) is 0. The molecule has 2 aliphatic carbocycles. The predicted octanol–water partition coefficient (Wildman–Crippen LogP) is 1.73. The van der Waals surface area contributed by atoms with Crippen LogP contribution in [0.2, 0.25) is 0 Å². The highest BCUT2D eigenvalue weighted by Crippen LogP contribution is 2.29. The Kier molecular flexibility index (Phi) is 4.36. The molecule has 3 nitrogen and oxygen atoms in total. The number of carbonyl (C=O) groups is 1. The van der Waals surface area contributed by atoms with Crippen LogP contribution in [0.4, 0.5) is 0 Å². The number of ketones is 1. The van der Waals surface area contributed by atoms with Gasteiger partial charge in [-0.3, -0.25) is 9.69 Å². The Labute approximate surface area is 97.8 Å². The number of rotatable bonds is 4. The SMILES string of the molecule is O=C1CCCC(N(CCO)C2CCCC2)C1. The van der Waals surface area contributed by atoms with Crippen molar-refractivity contribution in [3.8, 4) is 0 Å². The Morgan fingerprint density at radius 2 is 1.81 bits per heavy atom. The van der Waals surface area contributed by atoms with Crippen molar-refractivity contribution >= 4 is 5.78 Å². The second-order valence-electron chi connectivity index (χ2n) is 5.19. The molecule has 0 spiro atoms. The van der Waals surface area contributed by atoms with E-state index >= 15 is 0 Å². The van der Waals surface area contributed by atoms with E-state index in [1.807, 2.05) is 0 Å². The predicted molar refractivity (Wildman–Crippen MR) is 63.3 cm³/mol. The lowest BCUT2D eigenvalue weighted by molar-refractivity contribution is -0.122. The molecule has 92 valence electrons. The minimum Gasteiger partial charge on any atom is -0.395 e. The fourth-order valence-electron chi connectivity index (χ4n) is 3.30. The second kappa shape index (κ2) is 5.78. The highest BCUT2D eigenvalue weighted by molar-refractivity contribution is 5.79. The van der Waals surface area contributed by atoms with Gasteiger partial charge in [-0.25, -0.2) is 0 Å². The fraction of sp³-hybridized carbons (Fsp3) is 0.923. The molecule has 0 radical (unpaired) electrons. The molecule has 2 rings (SSSR count). The fourth-order valence-corrected chi connectivity index (χ4v) is 3.30. The topological polar surface area (TPSA) is 40.5 Å². The third-order valence-corrected chi connectivity index (χ3v) is 4.08. The van der Waals surface area contributed by atoms with Gasteiger partial charge in [-0.15, -0.1) is 0 Å². The summed E-state index contributed by atoms with van der Waals surface area (Å²) >= 11 is 0. The van der Waals surface area contributed by atoms with Gasteiger partial charge in [0.15, 0.2) is 0 Å². The Hall–Kier alpha value is -0.410. The molecule has 0 heterocycles. The molecule has 0 aromatic carbocycles. The summed E-state index contributed by atoms with van der Waals surface area (Å²) in [6.07, 6.45) is 8.81. The largest absolute Gasteiger partial charge is 0.395 e. The summed E-state index contributed by atoms with van der Waals surface area (Å²) in [6, 6.07) is 1.04. The summed E-state index contributed by atoms with van der Waals surface area (Å²) in [6.45, 7) is 0.976. The first-order chi connectivity index (χ1) is 7.81. The Balaban J connectivity index is 1.96. The van der Waals surface area contributed by atoms with Crippen molar-refractivity contribution in [2.24, 2.45) is 0 Å². The lowest BCUT2D eigenvalue weighted by atomic mass is 9.92. The second-order valence-corrected chi connectivity index (χ2v) is 5.19. The average molecular weight is 225 g/mol. The minimum absolute atomic E-state index is 0.223. The Morgan fingerprint density at radius 1 is 1.12 bits per heavy atom. The molecular weight excluding hydrogens is 202 g/mol. The van der Waals surface area contributed by atoms with Gasteiger partial charge in [-0.1, -0.05) is 12.8 Å². The first kappa shape index (κ1) is 12.1. The molecule has 0 saturated heterocycles. The van der Waals surface area contributed by atoms with Crippen LogP contribution in [0.15, 0.2) is 0 Å². The number of nitrogens with zero attached hydrogens (tertiary/aromatic N) is 1. The van der Waals surface area contributed by atoms with Crippen molar-refractivity contribution < 1.29 is 9.90 Å². The van der Waals surface area contributed by atoms with Crippen molar-refractivity contribution in [1.29, 1.82) is 0 Å². The van der Waals surface area contributed by atoms with Crippen LogP contribution in [0.5, 0.6) is 0 Å². The van der Waals surface area contributed by atoms with Crippen molar-refractivity contribution in [2.45, 2.75) is 63.5 Å². The van der Waals surface area contributed by atoms with E-state index in [4.69, 9.17) is 5.11 Å². The molecule has 0 amide bonds. The summed E-state index contributed by atoms with van der Waals surface area (Å²) < 4.78 is 0. The zero-order valence-corrected chi connectivity index (χ0v) is 10.0. The molecule has 0 aliphatic heterocycles. The van der Waals surface area contributed by atoms with E-state index in [0.717, 1.165) is 32.2 Å². The van der Waals surface area contributed by atoms with Crippen LogP contribution in [0.3, 0.4) is 0 Å². The van der Waals surface area contributed by atoms with Crippen LogP contribution in [0, 0.1) is 0 Å². The number of Topliss-reactive ketones (excluding diaryl/α,β-unsaturated/α-hetero) is 1. The maximum absolute atomic E-state index is 11.5. The standard InChI is InChI=1S/C13H23NO2/c15-9-8-14(11-4-1-2-5-11)12-6-3-7-13(16)10-12/h11-12,15H,1-10H2. The summed E-state index contributed by atoms with van der Waals surface area (Å²) in [5, 5.41) is 9.17. The van der Waals surface area contributed by atoms with Crippen LogP contribution in [0.1, 0.15) is 51.4 Å². The molecule has 1 unspecified atom stereocenters. The van der Waals surface area contributed by atoms with Crippen LogP contribution in [-0.2, 0) is 4.79 Å². The minimum atomic E-state index is 0.223. The Bertz CT molecular complexity index is 236. The van der Waals surface area contributed by atoms with Crippen molar-refractivity contribution in [2.75, 3.05) is 13.2 Å². The van der Waals surface area contributed by atoms with E-state index in [1.165, 1.54) is 25.7 Å². The number of aliphatic hydroxyl groups is 1. The van der Waals surface area contributed by atoms with Gasteiger partial charge in [0.1, 0.15) is 5.78 Å². The monoisotopic (exact) mass is 225 g/mol. The smallest absolute Gasteiger partial charge is 0.134 e. The van der Waals surface area contributed by atoms with Crippen LogP contribution in [0.25, 0.3) is 0 Å². The molecule has 0 aromatic rings. The lowest BCUT2D eigenvalue weighted by Gasteiger charge is -2.37. The Morgan fingerprint density at radius 3 is 2.44 bits per heavy atom. The lowest BCUT2D eigenvalue weighted by Crippen LogP contribution is -2.46. The van der Waals surface area contributed by atoms with E-state index in [1.54, 1.807) is 0 Å². The third kappa shape index (κ3) is 2.83. The number of carbonyl (C=O) groups excluding carboxylic acids is 1. The van der Waals surface area contributed by atoms with E-state index in [-0.39, 0.29) is 6.61 Å². The van der Waals surface area contributed by atoms with E-state index in [9.17, 15) is 4.79 Å². The summed E-state index contributed by atoms with van der Waals surface area (Å²) in [4.78, 5) is 13.9. The first-order valence-electron chi connectivity index (χ1n) is 6.69. The number of hydrogen-bond donors (Lipinski definition) is 1. The van der Waals surface area contributed by atoms with Crippen molar-refractivity contribution in [3.63, 3.8) is 0 Å². The number of hydrogen-bond acceptors (Lipinski definition) is 3. The third-order valence-electron chi connectivity index (χ3n) is 4.08. The summed E-state index contributed by atoms with van der Waals surface area (Å²) in [7, 11) is 0. The maximum atomic E-state index is 11.5. The zero-order valence-electron chi connectivity index (χ0n) is 10.0. The zero-order chi connectivity index (χ0) is 11.4. The van der Waals surface area contributed by atoms with E-state index < -0.39 is 0 Å². The van der Waals surface area contributed by atoms with Crippen LogP contribution >= 0.6 is 0 Å². The molecule has 2 fully saturated rings. The van der Waals surface area contributed by atoms with Crippen LogP contribution < -0.4 is 0 Å². The molecule has 16 heavy (non-hydrogen) atoms. The van der Waals surface area contributed by atoms with Crippen LogP contribution in [-0.4, -0.2) is 41.0 Å². The summed E-state index contributed by atoms with van der Waals surface area (Å²) in [5.74, 6) is 0.414. The van der Waals surface area contributed by atoms with Gasteiger partial charge in [0.25, 0.3) is 0 Å². The number of aliphatic hydroxyl groups excluding tert-OH is 1. The van der Waals surface area contributed by atoms with Crippen molar-refractivity contribution in [1.82, 2.24) is 4.90 Å². The van der Waals surface area contributed by atoms with Gasteiger partial charge in [0, 0.05) is 31.5 Å². The molecule has 1 atom stereocenters. The van der Waals surface area contributed by atoms with Gasteiger partial charge >= 0.3 is 0 Å². The molecular formula is C13H23NO2. The molecule has 1 N–H and O–H groups in total. The van der Waals surface area contributed by atoms with E-state index in [2.05, 4.69) is 4.90 Å². The first-order valence-corrected chi connectivity index (χ1v) is 6.69. The highest BCUT2D eigenvalue weighted by atomic mass is 16.3. The van der Waals surface area contributed by atoms with Gasteiger partial charge in [-0.2, -0.15) is 0 Å². The maximum Gasteiger partial charge on any atom is 0.134 e. The van der Waals surface area contributed by atoms with Gasteiger partial charge in [0.05, 0.1) is 6.61 Å². The molecule has 2 saturated carbocycles. The molecule has 3 heteroatoms. The van der Waals surface area contributed by atoms with Gasteiger partial charge in [-0.05, 0) is 25.7 Å². The highest BCUT2D eigenvalue weighted by Gasteiger charge is 2.31. The van der Waals surface area contributed by atoms with E-state index in [0.29, 0.717) is 17.9 Å². The van der Waals surface area contributed by atoms with Gasteiger partial charge in [0.2, 0.25) is 0 Å². The molecule has 2 aliphatic rings. The quantitative estimate of drug-likeness (QED) is 0.792. The molecule has 0 aromatic heterocycles. The van der Waals surface area contributed by atoms with Gasteiger partial charge < -0.3 is 5.11 Å². The molecule has 0 bridgehead atoms.